The zero-order valence-electron chi connectivity index (χ0n) is 14.3. The van der Waals surface area contributed by atoms with Crippen LogP contribution in [0, 0.1) is 0 Å². The van der Waals surface area contributed by atoms with Crippen molar-refractivity contribution in [1.29, 1.82) is 0 Å². The molecule has 0 amide bonds. The Morgan fingerprint density at radius 3 is 2.92 bits per heavy atom. The van der Waals surface area contributed by atoms with Gasteiger partial charge in [0.25, 0.3) is 0 Å². The fourth-order valence-corrected chi connectivity index (χ4v) is 3.12. The molecule has 4 N–H and O–H groups in total. The third-order valence-electron chi connectivity index (χ3n) is 4.35. The molecule has 7 heteroatoms. The van der Waals surface area contributed by atoms with Gasteiger partial charge in [-0.2, -0.15) is 0 Å². The molecule has 1 unspecified atom stereocenters. The highest BCUT2D eigenvalue weighted by molar-refractivity contribution is 14.0. The van der Waals surface area contributed by atoms with E-state index in [1.807, 2.05) is 42.5 Å². The number of nitrogens with two attached hydrogens (primary N) is 1. The van der Waals surface area contributed by atoms with Gasteiger partial charge in [0, 0.05) is 24.9 Å². The standard InChI is InChI=1S/C19H21N5O.HI/c20-19(24-14-10-12-25-17-8-4-1-5-13(14)17)21-11-9-18-22-15-6-2-3-7-16(15)23-18;/h1-8,14H,9-12H2,(H,22,23)(H3,20,21,24);1H. The minimum Gasteiger partial charge on any atom is -0.493 e. The van der Waals surface area contributed by atoms with Crippen molar-refractivity contribution >= 4 is 41.0 Å². The Balaban J connectivity index is 0.00000196. The smallest absolute Gasteiger partial charge is 0.189 e. The maximum Gasteiger partial charge on any atom is 0.189 e. The molecule has 1 atom stereocenters. The molecular weight excluding hydrogens is 441 g/mol. The number of nitrogens with zero attached hydrogens (tertiary/aromatic N) is 2. The van der Waals surface area contributed by atoms with Crippen molar-refractivity contribution in [2.75, 3.05) is 13.2 Å². The molecule has 0 spiro atoms. The summed E-state index contributed by atoms with van der Waals surface area (Å²) in [6.45, 7) is 1.27. The molecule has 1 aliphatic rings. The summed E-state index contributed by atoms with van der Waals surface area (Å²) >= 11 is 0. The van der Waals surface area contributed by atoms with E-state index in [0.717, 1.165) is 41.0 Å². The molecule has 0 aliphatic carbocycles. The van der Waals surface area contributed by atoms with Crippen molar-refractivity contribution in [3.63, 3.8) is 0 Å². The number of hydrogen-bond acceptors (Lipinski definition) is 3. The fourth-order valence-electron chi connectivity index (χ4n) is 3.12. The molecule has 1 aliphatic heterocycles. The number of nitrogens with one attached hydrogen (secondary N) is 2. The van der Waals surface area contributed by atoms with E-state index in [9.17, 15) is 0 Å². The number of imidazole rings is 1. The van der Waals surface area contributed by atoms with E-state index in [2.05, 4.69) is 26.3 Å². The Hall–Kier alpha value is -2.29. The van der Waals surface area contributed by atoms with Crippen molar-refractivity contribution < 1.29 is 4.74 Å². The predicted molar refractivity (Wildman–Crippen MR) is 114 cm³/mol. The summed E-state index contributed by atoms with van der Waals surface area (Å²) in [5.41, 5.74) is 9.22. The van der Waals surface area contributed by atoms with E-state index in [4.69, 9.17) is 10.5 Å². The SMILES string of the molecule is I.NC(=NCCc1nc2ccccc2[nH]1)NC1CCOc2ccccc21. The van der Waals surface area contributed by atoms with E-state index < -0.39 is 0 Å². The number of ether oxygens (including phenoxy) is 1. The first-order chi connectivity index (χ1) is 12.3. The molecule has 2 aromatic carbocycles. The molecule has 4 rings (SSSR count). The third kappa shape index (κ3) is 4.09. The van der Waals surface area contributed by atoms with Crippen LogP contribution in [0.4, 0.5) is 0 Å². The van der Waals surface area contributed by atoms with Crippen molar-refractivity contribution in [2.24, 2.45) is 10.7 Å². The van der Waals surface area contributed by atoms with Crippen LogP contribution in [-0.4, -0.2) is 29.1 Å². The van der Waals surface area contributed by atoms with Gasteiger partial charge in [0.05, 0.1) is 23.7 Å². The average molecular weight is 463 g/mol. The summed E-state index contributed by atoms with van der Waals surface area (Å²) in [7, 11) is 0. The van der Waals surface area contributed by atoms with Gasteiger partial charge in [-0.1, -0.05) is 30.3 Å². The lowest BCUT2D eigenvalue weighted by Gasteiger charge is -2.26. The van der Waals surface area contributed by atoms with E-state index in [1.54, 1.807) is 0 Å². The quantitative estimate of drug-likeness (QED) is 0.315. The first kappa shape index (κ1) is 18.5. The maximum absolute atomic E-state index is 6.07. The first-order valence-electron chi connectivity index (χ1n) is 8.51. The van der Waals surface area contributed by atoms with Gasteiger partial charge in [-0.15, -0.1) is 24.0 Å². The van der Waals surface area contributed by atoms with E-state index in [-0.39, 0.29) is 30.0 Å². The van der Waals surface area contributed by atoms with Crippen molar-refractivity contribution in [1.82, 2.24) is 15.3 Å². The van der Waals surface area contributed by atoms with Gasteiger partial charge in [-0.05, 0) is 18.2 Å². The van der Waals surface area contributed by atoms with Crippen molar-refractivity contribution in [3.8, 4) is 5.75 Å². The number of fused-ring (bicyclic) bond motifs is 2. The van der Waals surface area contributed by atoms with Gasteiger partial charge >= 0.3 is 0 Å². The number of benzene rings is 2. The highest BCUT2D eigenvalue weighted by Gasteiger charge is 2.21. The minimum absolute atomic E-state index is 0. The van der Waals surface area contributed by atoms with Gasteiger partial charge in [0.15, 0.2) is 5.96 Å². The number of H-pyrrole nitrogens is 1. The fraction of sp³-hybridized carbons (Fsp3) is 0.263. The Labute approximate surface area is 169 Å². The second-order valence-electron chi connectivity index (χ2n) is 6.09. The summed E-state index contributed by atoms with van der Waals surface area (Å²) in [5, 5.41) is 3.31. The molecule has 3 aromatic rings. The molecule has 26 heavy (non-hydrogen) atoms. The topological polar surface area (TPSA) is 88.3 Å². The summed E-state index contributed by atoms with van der Waals surface area (Å²) in [6.07, 6.45) is 1.60. The summed E-state index contributed by atoms with van der Waals surface area (Å²) in [6, 6.07) is 16.2. The van der Waals surface area contributed by atoms with Crippen molar-refractivity contribution in [2.45, 2.75) is 18.9 Å². The lowest BCUT2D eigenvalue weighted by Crippen LogP contribution is -2.37. The Bertz CT molecular complexity index is 875. The zero-order chi connectivity index (χ0) is 17.1. The molecule has 0 fully saturated rings. The van der Waals surface area contributed by atoms with Crippen LogP contribution in [-0.2, 0) is 6.42 Å². The summed E-state index contributed by atoms with van der Waals surface area (Å²) in [4.78, 5) is 12.3. The molecule has 2 heterocycles. The Kier molecular flexibility index (Phi) is 5.97. The molecule has 0 saturated heterocycles. The number of aromatic nitrogens is 2. The predicted octanol–water partition coefficient (Wildman–Crippen LogP) is 3.15. The van der Waals surface area contributed by atoms with Crippen LogP contribution in [0.2, 0.25) is 0 Å². The number of hydrogen-bond donors (Lipinski definition) is 3. The molecule has 1 aromatic heterocycles. The van der Waals surface area contributed by atoms with Crippen LogP contribution in [0.5, 0.6) is 5.75 Å². The van der Waals surface area contributed by atoms with Crippen LogP contribution in [0.1, 0.15) is 23.9 Å². The molecule has 0 radical (unpaired) electrons. The first-order valence-corrected chi connectivity index (χ1v) is 8.51. The highest BCUT2D eigenvalue weighted by Crippen LogP contribution is 2.31. The van der Waals surface area contributed by atoms with Gasteiger partial charge in [-0.3, -0.25) is 4.99 Å². The van der Waals surface area contributed by atoms with E-state index >= 15 is 0 Å². The largest absolute Gasteiger partial charge is 0.493 e. The summed E-state index contributed by atoms with van der Waals surface area (Å²) < 4.78 is 5.67. The number of rotatable bonds is 4. The normalized spacial score (nSPS) is 16.5. The van der Waals surface area contributed by atoms with Crippen LogP contribution in [0.25, 0.3) is 11.0 Å². The third-order valence-corrected chi connectivity index (χ3v) is 4.35. The van der Waals surface area contributed by atoms with Crippen LogP contribution in [0.3, 0.4) is 0 Å². The molecule has 6 nitrogen and oxygen atoms in total. The van der Waals surface area contributed by atoms with Gasteiger partial charge in [-0.25, -0.2) is 4.98 Å². The van der Waals surface area contributed by atoms with Crippen molar-refractivity contribution in [3.05, 3.63) is 59.9 Å². The average Bonchev–Trinajstić information content (AvgIpc) is 3.05. The maximum atomic E-state index is 6.07. The molecule has 136 valence electrons. The second-order valence-corrected chi connectivity index (χ2v) is 6.09. The monoisotopic (exact) mass is 463 g/mol. The molecule has 0 bridgehead atoms. The lowest BCUT2D eigenvalue weighted by atomic mass is 10.0. The second kappa shape index (κ2) is 8.39. The molecular formula is C19H22IN5O. The van der Waals surface area contributed by atoms with Crippen LogP contribution in [0.15, 0.2) is 53.5 Å². The van der Waals surface area contributed by atoms with Gasteiger partial charge < -0.3 is 20.8 Å². The van der Waals surface area contributed by atoms with E-state index in [1.165, 1.54) is 0 Å². The van der Waals surface area contributed by atoms with Crippen LogP contribution < -0.4 is 15.8 Å². The Morgan fingerprint density at radius 2 is 2.04 bits per heavy atom. The number of para-hydroxylation sites is 3. The molecule has 0 saturated carbocycles. The highest BCUT2D eigenvalue weighted by atomic mass is 127. The minimum atomic E-state index is 0. The van der Waals surface area contributed by atoms with E-state index in [0.29, 0.717) is 19.1 Å². The number of aliphatic imine (C=N–C) groups is 1. The number of aromatic amines is 1. The van der Waals surface area contributed by atoms with Gasteiger partial charge in [0.2, 0.25) is 0 Å². The lowest BCUT2D eigenvalue weighted by molar-refractivity contribution is 0.262. The number of guanidine groups is 1. The zero-order valence-corrected chi connectivity index (χ0v) is 16.6. The summed E-state index contributed by atoms with van der Waals surface area (Å²) in [5.74, 6) is 2.30. The van der Waals surface area contributed by atoms with Crippen LogP contribution >= 0.6 is 24.0 Å². The Morgan fingerprint density at radius 1 is 1.23 bits per heavy atom. The number of halogens is 1. The van der Waals surface area contributed by atoms with Gasteiger partial charge in [0.1, 0.15) is 11.6 Å².